The molecule has 31 heavy (non-hydrogen) atoms. The van der Waals surface area contributed by atoms with E-state index in [1.807, 2.05) is 42.5 Å². The number of hydrogen-bond donors (Lipinski definition) is 2. The van der Waals surface area contributed by atoms with E-state index in [9.17, 15) is 4.79 Å². The Hall–Kier alpha value is -3.30. The number of tetrazole rings is 1. The van der Waals surface area contributed by atoms with Crippen LogP contribution in [-0.4, -0.2) is 52.4 Å². The molecule has 0 unspecified atom stereocenters. The lowest BCUT2D eigenvalue weighted by atomic mass is 10.1. The van der Waals surface area contributed by atoms with E-state index in [1.165, 1.54) is 15.3 Å². The summed E-state index contributed by atoms with van der Waals surface area (Å²) in [5, 5.41) is 15.1. The molecule has 2 aromatic carbocycles. The normalized spacial score (nSPS) is 14.3. The summed E-state index contributed by atoms with van der Waals surface area (Å²) in [5.41, 5.74) is 2.37. The van der Waals surface area contributed by atoms with Crippen LogP contribution in [0.1, 0.15) is 17.0 Å². The Bertz CT molecular complexity index is 972. The molecule has 1 aromatic heterocycles. The smallest absolute Gasteiger partial charge is 0.243 e. The van der Waals surface area contributed by atoms with Gasteiger partial charge in [-0.15, -0.1) is 10.2 Å². The monoisotopic (exact) mass is 423 g/mol. The van der Waals surface area contributed by atoms with Crippen LogP contribution in [0, 0.1) is 0 Å². The molecule has 1 amide bonds. The zero-order valence-electron chi connectivity index (χ0n) is 17.4. The molecule has 0 spiro atoms. The second-order valence-corrected chi connectivity index (χ2v) is 7.42. The number of morpholine rings is 1. The highest BCUT2D eigenvalue weighted by molar-refractivity contribution is 5.75. The van der Waals surface area contributed by atoms with E-state index in [-0.39, 0.29) is 19.1 Å². The van der Waals surface area contributed by atoms with Crippen molar-refractivity contribution in [1.82, 2.24) is 25.5 Å². The molecule has 1 aliphatic rings. The van der Waals surface area contributed by atoms with E-state index in [0.29, 0.717) is 12.4 Å². The van der Waals surface area contributed by atoms with Crippen LogP contribution in [0.3, 0.4) is 0 Å². The van der Waals surface area contributed by atoms with Crippen LogP contribution in [0.2, 0.25) is 0 Å². The lowest BCUT2D eigenvalue weighted by molar-refractivity contribution is -0.921. The van der Waals surface area contributed by atoms with Gasteiger partial charge in [-0.1, -0.05) is 42.5 Å². The maximum atomic E-state index is 12.4. The third-order valence-electron chi connectivity index (χ3n) is 5.13. The molecular weight excluding hydrogens is 396 g/mol. The van der Waals surface area contributed by atoms with Gasteiger partial charge in [0.25, 0.3) is 0 Å². The third kappa shape index (κ3) is 6.34. The molecule has 0 atom stereocenters. The van der Waals surface area contributed by atoms with Gasteiger partial charge in [0.2, 0.25) is 11.7 Å². The van der Waals surface area contributed by atoms with Crippen LogP contribution >= 0.6 is 0 Å². The predicted octanol–water partition coefficient (Wildman–Crippen LogP) is -0.0164. The summed E-state index contributed by atoms with van der Waals surface area (Å²) in [5.74, 6) is 0.992. The molecule has 2 N–H and O–H groups in total. The molecule has 2 heterocycles. The summed E-state index contributed by atoms with van der Waals surface area (Å²) in [7, 11) is 0. The first kappa shape index (κ1) is 21.0. The van der Waals surface area contributed by atoms with Gasteiger partial charge >= 0.3 is 0 Å². The van der Waals surface area contributed by atoms with Crippen molar-refractivity contribution >= 4 is 5.91 Å². The number of carbonyl (C=O) groups is 1. The number of nitrogens with zero attached hydrogens (tertiary/aromatic N) is 4. The molecule has 1 fully saturated rings. The molecular formula is C22H27N6O3+. The summed E-state index contributed by atoms with van der Waals surface area (Å²) in [6.45, 7) is 5.24. The maximum absolute atomic E-state index is 12.4. The van der Waals surface area contributed by atoms with Crippen LogP contribution in [0.15, 0.2) is 54.6 Å². The molecule has 162 valence electrons. The fraction of sp³-hybridized carbons (Fsp3) is 0.364. The van der Waals surface area contributed by atoms with Crippen molar-refractivity contribution in [3.8, 4) is 5.75 Å². The molecule has 1 saturated heterocycles. The maximum Gasteiger partial charge on any atom is 0.243 e. The Morgan fingerprint density at radius 2 is 1.81 bits per heavy atom. The molecule has 0 bridgehead atoms. The molecule has 0 radical (unpaired) electrons. The molecule has 4 rings (SSSR count). The van der Waals surface area contributed by atoms with E-state index in [0.717, 1.165) is 44.2 Å². The van der Waals surface area contributed by atoms with Crippen LogP contribution in [0.4, 0.5) is 0 Å². The van der Waals surface area contributed by atoms with Crippen LogP contribution in [0.5, 0.6) is 5.75 Å². The minimum Gasteiger partial charge on any atom is -0.485 e. The van der Waals surface area contributed by atoms with Crippen molar-refractivity contribution in [2.45, 2.75) is 26.2 Å². The lowest BCUT2D eigenvalue weighted by Crippen LogP contribution is -3.12. The number of rotatable bonds is 9. The zero-order chi connectivity index (χ0) is 21.3. The van der Waals surface area contributed by atoms with E-state index < -0.39 is 0 Å². The van der Waals surface area contributed by atoms with Gasteiger partial charge in [-0.25, -0.2) is 0 Å². The van der Waals surface area contributed by atoms with Crippen molar-refractivity contribution in [1.29, 1.82) is 0 Å². The summed E-state index contributed by atoms with van der Waals surface area (Å²) in [6.07, 6.45) is 0. The number of para-hydroxylation sites is 1. The quantitative estimate of drug-likeness (QED) is 0.503. The molecule has 9 nitrogen and oxygen atoms in total. The summed E-state index contributed by atoms with van der Waals surface area (Å²) >= 11 is 0. The van der Waals surface area contributed by atoms with Gasteiger partial charge < -0.3 is 19.7 Å². The SMILES string of the molecule is O=C(Cn1nnc(COc2ccccc2)n1)NCc1ccccc1C[NH+]1CCOCC1. The largest absolute Gasteiger partial charge is 0.485 e. The molecule has 1 aliphatic heterocycles. The topological polar surface area (TPSA) is 95.6 Å². The first-order chi connectivity index (χ1) is 15.3. The first-order valence-electron chi connectivity index (χ1n) is 10.5. The van der Waals surface area contributed by atoms with Crippen molar-refractivity contribution in [3.05, 3.63) is 71.5 Å². The van der Waals surface area contributed by atoms with E-state index in [4.69, 9.17) is 9.47 Å². The second kappa shape index (κ2) is 10.6. The Morgan fingerprint density at radius 3 is 2.61 bits per heavy atom. The average molecular weight is 423 g/mol. The summed E-state index contributed by atoms with van der Waals surface area (Å²) in [6, 6.07) is 17.6. The standard InChI is InChI=1S/C22H26N6O3/c29-22(16-28-25-21(24-26-28)17-31-20-8-2-1-3-9-20)23-14-18-6-4-5-7-19(18)15-27-10-12-30-13-11-27/h1-9H,10-17H2,(H,23,29)/p+1. The number of benzene rings is 2. The average Bonchev–Trinajstić information content (AvgIpc) is 3.26. The number of ether oxygens (including phenoxy) is 2. The zero-order valence-corrected chi connectivity index (χ0v) is 17.4. The van der Waals surface area contributed by atoms with Crippen LogP contribution in [-0.2, 0) is 35.8 Å². The Balaban J connectivity index is 1.25. The predicted molar refractivity (Wildman–Crippen MR) is 112 cm³/mol. The second-order valence-electron chi connectivity index (χ2n) is 7.42. The molecule has 3 aromatic rings. The number of quaternary nitrogens is 1. The number of amides is 1. The highest BCUT2D eigenvalue weighted by atomic mass is 16.5. The Labute approximate surface area is 181 Å². The van der Waals surface area contributed by atoms with Gasteiger partial charge in [0, 0.05) is 12.1 Å². The van der Waals surface area contributed by atoms with Crippen LogP contribution < -0.4 is 15.0 Å². The van der Waals surface area contributed by atoms with Crippen molar-refractivity contribution in [3.63, 3.8) is 0 Å². The van der Waals surface area contributed by atoms with Crippen molar-refractivity contribution in [2.75, 3.05) is 26.3 Å². The van der Waals surface area contributed by atoms with Gasteiger partial charge in [-0.05, 0) is 22.9 Å². The third-order valence-corrected chi connectivity index (χ3v) is 5.13. The fourth-order valence-corrected chi connectivity index (χ4v) is 3.45. The van der Waals surface area contributed by atoms with Gasteiger partial charge in [0.15, 0.2) is 6.61 Å². The molecule has 9 heteroatoms. The Morgan fingerprint density at radius 1 is 1.06 bits per heavy atom. The van der Waals surface area contributed by atoms with Crippen LogP contribution in [0.25, 0.3) is 0 Å². The highest BCUT2D eigenvalue weighted by Crippen LogP contribution is 2.10. The van der Waals surface area contributed by atoms with Crippen molar-refractivity contribution < 1.29 is 19.2 Å². The summed E-state index contributed by atoms with van der Waals surface area (Å²) < 4.78 is 11.0. The van der Waals surface area contributed by atoms with Gasteiger partial charge in [-0.3, -0.25) is 4.79 Å². The minimum atomic E-state index is -0.165. The number of aromatic nitrogens is 4. The Kier molecular flexibility index (Phi) is 7.20. The first-order valence-corrected chi connectivity index (χ1v) is 10.5. The fourth-order valence-electron chi connectivity index (χ4n) is 3.45. The van der Waals surface area contributed by atoms with E-state index in [1.54, 1.807) is 0 Å². The van der Waals surface area contributed by atoms with Gasteiger partial charge in [0.1, 0.15) is 31.9 Å². The van der Waals surface area contributed by atoms with E-state index >= 15 is 0 Å². The number of carbonyl (C=O) groups excluding carboxylic acids is 1. The summed E-state index contributed by atoms with van der Waals surface area (Å²) in [4.78, 5) is 15.2. The van der Waals surface area contributed by atoms with Crippen molar-refractivity contribution in [2.24, 2.45) is 0 Å². The lowest BCUT2D eigenvalue weighted by Gasteiger charge is -2.24. The number of hydrogen-bond acceptors (Lipinski definition) is 6. The minimum absolute atomic E-state index is 0.00914. The van der Waals surface area contributed by atoms with E-state index in [2.05, 4.69) is 32.9 Å². The van der Waals surface area contributed by atoms with Gasteiger partial charge in [-0.2, -0.15) is 4.80 Å². The van der Waals surface area contributed by atoms with Gasteiger partial charge in [0.05, 0.1) is 13.2 Å². The molecule has 0 aliphatic carbocycles. The number of nitrogens with one attached hydrogen (secondary N) is 2. The highest BCUT2D eigenvalue weighted by Gasteiger charge is 2.16. The molecule has 0 saturated carbocycles.